The van der Waals surface area contributed by atoms with E-state index >= 15 is 0 Å². The number of carbonyl (C=O) groups excluding carboxylic acids is 2. The molecule has 0 radical (unpaired) electrons. The Kier molecular flexibility index (Phi) is 6.46. The van der Waals surface area contributed by atoms with Gasteiger partial charge in [0.25, 0.3) is 5.91 Å². The van der Waals surface area contributed by atoms with Gasteiger partial charge in [0.2, 0.25) is 0 Å². The van der Waals surface area contributed by atoms with Gasteiger partial charge < -0.3 is 25.9 Å². The van der Waals surface area contributed by atoms with Gasteiger partial charge in [-0.1, -0.05) is 53.7 Å². The van der Waals surface area contributed by atoms with Gasteiger partial charge in [-0.25, -0.2) is 4.79 Å². The molecule has 0 aliphatic carbocycles. The number of amides is 3. The molecule has 1 aliphatic heterocycles. The zero-order valence-corrected chi connectivity index (χ0v) is 15.2. The van der Waals surface area contributed by atoms with Crippen molar-refractivity contribution in [2.24, 2.45) is 10.9 Å². The molecule has 146 valence electrons. The molecule has 0 fully saturated rings. The third-order valence-corrected chi connectivity index (χ3v) is 4.17. The maximum atomic E-state index is 12.3. The smallest absolute Gasteiger partial charge is 0.315 e. The van der Waals surface area contributed by atoms with E-state index in [4.69, 9.17) is 15.3 Å². The summed E-state index contributed by atoms with van der Waals surface area (Å²) in [5.74, 6) is 0.107. The van der Waals surface area contributed by atoms with E-state index in [1.165, 1.54) is 0 Å². The molecule has 0 saturated carbocycles. The molecule has 0 spiro atoms. The standard InChI is InChI=1S/C20H22N4O4/c21-19(25)17-11-16(28-24-17)12-22-20(26)23-18(14-7-3-1-4-8-14)13-27-15-9-5-2-6-10-15/h1-10,16,18H,11-13H2,(H2,21,25)(H2,22,23,26). The van der Waals surface area contributed by atoms with Gasteiger partial charge >= 0.3 is 6.03 Å². The largest absolute Gasteiger partial charge is 0.491 e. The molecule has 3 rings (SSSR count). The fourth-order valence-electron chi connectivity index (χ4n) is 2.70. The van der Waals surface area contributed by atoms with Gasteiger partial charge in [0.05, 0.1) is 12.6 Å². The van der Waals surface area contributed by atoms with Crippen molar-refractivity contribution in [3.05, 3.63) is 66.2 Å². The van der Waals surface area contributed by atoms with Gasteiger partial charge in [-0.05, 0) is 17.7 Å². The third-order valence-electron chi connectivity index (χ3n) is 4.17. The van der Waals surface area contributed by atoms with Gasteiger partial charge in [-0.15, -0.1) is 0 Å². The Hall–Kier alpha value is -3.55. The van der Waals surface area contributed by atoms with Crippen LogP contribution in [-0.2, 0) is 9.63 Å². The number of hydrogen-bond acceptors (Lipinski definition) is 5. The van der Waals surface area contributed by atoms with Crippen LogP contribution >= 0.6 is 0 Å². The number of carbonyl (C=O) groups is 2. The fourth-order valence-corrected chi connectivity index (χ4v) is 2.70. The summed E-state index contributed by atoms with van der Waals surface area (Å²) in [6.45, 7) is 0.476. The molecule has 0 bridgehead atoms. The number of benzene rings is 2. The lowest BCUT2D eigenvalue weighted by atomic mass is 10.1. The molecule has 28 heavy (non-hydrogen) atoms. The Balaban J connectivity index is 1.53. The number of nitrogens with zero attached hydrogens (tertiary/aromatic N) is 1. The van der Waals surface area contributed by atoms with Gasteiger partial charge in [-0.2, -0.15) is 0 Å². The van der Waals surface area contributed by atoms with Crippen LogP contribution in [0, 0.1) is 0 Å². The number of oxime groups is 1. The summed E-state index contributed by atoms with van der Waals surface area (Å²) in [6, 6.07) is 18.2. The maximum absolute atomic E-state index is 12.3. The van der Waals surface area contributed by atoms with Crippen molar-refractivity contribution in [2.45, 2.75) is 18.6 Å². The second-order valence-electron chi connectivity index (χ2n) is 6.28. The van der Waals surface area contributed by atoms with Crippen LogP contribution < -0.4 is 21.1 Å². The highest BCUT2D eigenvalue weighted by molar-refractivity contribution is 6.38. The molecule has 1 aliphatic rings. The maximum Gasteiger partial charge on any atom is 0.315 e. The molecule has 1 heterocycles. The lowest BCUT2D eigenvalue weighted by molar-refractivity contribution is -0.112. The SMILES string of the molecule is NC(=O)C1=NOC(CNC(=O)NC(COc2ccccc2)c2ccccc2)C1. The van der Waals surface area contributed by atoms with Gasteiger partial charge in [0.1, 0.15) is 18.1 Å². The minimum absolute atomic E-state index is 0.172. The first-order chi connectivity index (χ1) is 13.6. The van der Waals surface area contributed by atoms with E-state index in [1.807, 2.05) is 60.7 Å². The molecule has 3 amide bonds. The van der Waals surface area contributed by atoms with Crippen LogP contribution in [0.2, 0.25) is 0 Å². The summed E-state index contributed by atoms with van der Waals surface area (Å²) in [4.78, 5) is 28.5. The summed E-state index contributed by atoms with van der Waals surface area (Å²) in [5, 5.41) is 9.24. The quantitative estimate of drug-likeness (QED) is 0.645. The Morgan fingerprint density at radius 1 is 1.14 bits per heavy atom. The second kappa shape index (κ2) is 9.40. The number of nitrogens with two attached hydrogens (primary N) is 1. The first-order valence-electron chi connectivity index (χ1n) is 8.91. The molecular weight excluding hydrogens is 360 g/mol. The van der Waals surface area contributed by atoms with Crippen molar-refractivity contribution < 1.29 is 19.2 Å². The highest BCUT2D eigenvalue weighted by atomic mass is 16.6. The number of ether oxygens (including phenoxy) is 1. The summed E-state index contributed by atoms with van der Waals surface area (Å²) in [5.41, 5.74) is 6.26. The Labute approximate surface area is 162 Å². The van der Waals surface area contributed by atoms with Crippen molar-refractivity contribution in [3.8, 4) is 5.75 Å². The van der Waals surface area contributed by atoms with Crippen LogP contribution in [0.25, 0.3) is 0 Å². The minimum atomic E-state index is -0.617. The van der Waals surface area contributed by atoms with Crippen molar-refractivity contribution >= 4 is 17.6 Å². The van der Waals surface area contributed by atoms with E-state index in [0.717, 1.165) is 11.3 Å². The normalized spacial score (nSPS) is 16.4. The van der Waals surface area contributed by atoms with Crippen LogP contribution in [0.1, 0.15) is 18.0 Å². The number of rotatable bonds is 8. The monoisotopic (exact) mass is 382 g/mol. The molecule has 0 saturated heterocycles. The van der Waals surface area contributed by atoms with Crippen LogP contribution in [0.3, 0.4) is 0 Å². The lowest BCUT2D eigenvalue weighted by Gasteiger charge is -2.20. The summed E-state index contributed by atoms with van der Waals surface area (Å²) in [6.07, 6.45) is -0.140. The summed E-state index contributed by atoms with van der Waals surface area (Å²) < 4.78 is 5.80. The Morgan fingerprint density at radius 3 is 2.46 bits per heavy atom. The first kappa shape index (κ1) is 19.2. The van der Waals surface area contributed by atoms with Crippen LogP contribution in [0.15, 0.2) is 65.8 Å². The average molecular weight is 382 g/mol. The molecule has 2 aromatic carbocycles. The van der Waals surface area contributed by atoms with E-state index in [1.54, 1.807) is 0 Å². The molecule has 8 nitrogen and oxygen atoms in total. The van der Waals surface area contributed by atoms with Crippen molar-refractivity contribution in [1.82, 2.24) is 10.6 Å². The van der Waals surface area contributed by atoms with Crippen LogP contribution in [-0.4, -0.2) is 36.9 Å². The fraction of sp³-hybridized carbons (Fsp3) is 0.250. The van der Waals surface area contributed by atoms with Crippen molar-refractivity contribution in [2.75, 3.05) is 13.2 Å². The molecule has 2 aromatic rings. The predicted molar refractivity (Wildman–Crippen MR) is 104 cm³/mol. The number of para-hydroxylation sites is 1. The number of primary amides is 1. The molecule has 8 heteroatoms. The van der Waals surface area contributed by atoms with Crippen molar-refractivity contribution in [1.29, 1.82) is 0 Å². The molecular formula is C20H22N4O4. The third kappa shape index (κ3) is 5.47. The highest BCUT2D eigenvalue weighted by Gasteiger charge is 2.25. The molecule has 4 N–H and O–H groups in total. The Bertz CT molecular complexity index is 827. The van der Waals surface area contributed by atoms with E-state index < -0.39 is 12.0 Å². The molecule has 2 atom stereocenters. The second-order valence-corrected chi connectivity index (χ2v) is 6.28. The molecule has 2 unspecified atom stereocenters. The highest BCUT2D eigenvalue weighted by Crippen LogP contribution is 2.16. The van der Waals surface area contributed by atoms with Crippen LogP contribution in [0.4, 0.5) is 4.79 Å². The minimum Gasteiger partial charge on any atom is -0.491 e. The van der Waals surface area contributed by atoms with E-state index in [9.17, 15) is 9.59 Å². The summed E-state index contributed by atoms with van der Waals surface area (Å²) >= 11 is 0. The number of urea groups is 1. The first-order valence-corrected chi connectivity index (χ1v) is 8.91. The van der Waals surface area contributed by atoms with Crippen molar-refractivity contribution in [3.63, 3.8) is 0 Å². The summed E-state index contributed by atoms with van der Waals surface area (Å²) in [7, 11) is 0. The van der Waals surface area contributed by atoms with Gasteiger partial charge in [-0.3, -0.25) is 4.79 Å². The zero-order chi connectivity index (χ0) is 19.8. The average Bonchev–Trinajstić information content (AvgIpc) is 3.20. The lowest BCUT2D eigenvalue weighted by Crippen LogP contribution is -2.43. The van der Waals surface area contributed by atoms with E-state index in [-0.39, 0.29) is 37.4 Å². The van der Waals surface area contributed by atoms with Gasteiger partial charge in [0.15, 0.2) is 6.10 Å². The van der Waals surface area contributed by atoms with Gasteiger partial charge in [0, 0.05) is 6.42 Å². The van der Waals surface area contributed by atoms with Crippen LogP contribution in [0.5, 0.6) is 5.75 Å². The topological polar surface area (TPSA) is 115 Å². The number of nitrogens with one attached hydrogen (secondary N) is 2. The number of hydrogen-bond donors (Lipinski definition) is 3. The van der Waals surface area contributed by atoms with E-state index in [0.29, 0.717) is 0 Å². The molecule has 0 aromatic heterocycles. The van der Waals surface area contributed by atoms with E-state index in [2.05, 4.69) is 15.8 Å². The predicted octanol–water partition coefficient (Wildman–Crippen LogP) is 1.74. The zero-order valence-electron chi connectivity index (χ0n) is 15.2. The Morgan fingerprint density at radius 2 is 1.82 bits per heavy atom.